The van der Waals surface area contributed by atoms with Crippen LogP contribution in [0.4, 0.5) is 5.69 Å². The smallest absolute Gasteiger partial charge is 0.184 e. The van der Waals surface area contributed by atoms with E-state index in [1.165, 1.54) is 0 Å². The molecule has 4 nitrogen and oxygen atoms in total. The van der Waals surface area contributed by atoms with Gasteiger partial charge in [-0.15, -0.1) is 0 Å². The van der Waals surface area contributed by atoms with Gasteiger partial charge in [-0.3, -0.25) is 0 Å². The summed E-state index contributed by atoms with van der Waals surface area (Å²) in [5.41, 5.74) is 0.994. The molecule has 4 heteroatoms. The highest BCUT2D eigenvalue weighted by Gasteiger charge is 2.18. The zero-order chi connectivity index (χ0) is 11.4. The summed E-state index contributed by atoms with van der Waals surface area (Å²) in [5, 5.41) is 9.02. The maximum absolute atomic E-state index is 9.02. The summed E-state index contributed by atoms with van der Waals surface area (Å²) in [6.07, 6.45) is 0. The first-order chi connectivity index (χ1) is 7.86. The Labute approximate surface area is 95.4 Å². The lowest BCUT2D eigenvalue weighted by Gasteiger charge is -2.28. The molecular formula is C12H17NO3. The third-order valence-electron chi connectivity index (χ3n) is 2.64. The highest BCUT2D eigenvalue weighted by Crippen LogP contribution is 2.39. The Morgan fingerprint density at radius 2 is 2.12 bits per heavy atom. The Balaban J connectivity index is 2.31. The maximum atomic E-state index is 9.02. The van der Waals surface area contributed by atoms with Gasteiger partial charge in [-0.05, 0) is 19.1 Å². The molecule has 2 rings (SSSR count). The van der Waals surface area contributed by atoms with E-state index in [9.17, 15) is 0 Å². The van der Waals surface area contributed by atoms with Crippen molar-refractivity contribution in [1.29, 1.82) is 0 Å². The third-order valence-corrected chi connectivity index (χ3v) is 2.64. The predicted molar refractivity (Wildman–Crippen MR) is 62.4 cm³/mol. The predicted octanol–water partition coefficient (Wildman–Crippen LogP) is 1.28. The van der Waals surface area contributed by atoms with Crippen molar-refractivity contribution >= 4 is 5.69 Å². The van der Waals surface area contributed by atoms with E-state index in [2.05, 4.69) is 11.8 Å². The van der Waals surface area contributed by atoms with Crippen LogP contribution in [0.15, 0.2) is 18.2 Å². The van der Waals surface area contributed by atoms with E-state index in [4.69, 9.17) is 14.6 Å². The molecule has 1 aliphatic rings. The molecular weight excluding hydrogens is 206 g/mol. The van der Waals surface area contributed by atoms with E-state index < -0.39 is 0 Å². The zero-order valence-corrected chi connectivity index (χ0v) is 9.48. The van der Waals surface area contributed by atoms with Gasteiger partial charge in [0.05, 0.1) is 12.3 Å². The monoisotopic (exact) mass is 223 g/mol. The maximum Gasteiger partial charge on any atom is 0.184 e. The molecule has 0 radical (unpaired) electrons. The highest BCUT2D eigenvalue weighted by molar-refractivity contribution is 5.65. The Kier molecular flexibility index (Phi) is 3.51. The quantitative estimate of drug-likeness (QED) is 0.835. The molecule has 0 atom stereocenters. The summed E-state index contributed by atoms with van der Waals surface area (Å²) >= 11 is 0. The molecule has 1 N–H and O–H groups in total. The lowest BCUT2D eigenvalue weighted by atomic mass is 10.2. The van der Waals surface area contributed by atoms with Crippen molar-refractivity contribution in [1.82, 2.24) is 0 Å². The Hall–Kier alpha value is -1.42. The van der Waals surface area contributed by atoms with Crippen molar-refractivity contribution < 1.29 is 14.6 Å². The number of anilines is 1. The van der Waals surface area contributed by atoms with Crippen molar-refractivity contribution in [2.75, 3.05) is 37.8 Å². The lowest BCUT2D eigenvalue weighted by molar-refractivity contribution is 0.172. The van der Waals surface area contributed by atoms with Crippen LogP contribution in [-0.2, 0) is 0 Å². The van der Waals surface area contributed by atoms with Crippen LogP contribution in [0, 0.1) is 0 Å². The number of likely N-dealkylation sites (N-methyl/N-ethyl adjacent to an activating group) is 1. The van der Waals surface area contributed by atoms with E-state index in [0.29, 0.717) is 19.8 Å². The molecule has 0 aliphatic carbocycles. The summed E-state index contributed by atoms with van der Waals surface area (Å²) in [6.45, 7) is 4.82. The number of ether oxygens (including phenoxy) is 2. The molecule has 88 valence electrons. The zero-order valence-electron chi connectivity index (χ0n) is 9.48. The summed E-state index contributed by atoms with van der Waals surface area (Å²) in [6, 6.07) is 5.85. The summed E-state index contributed by atoms with van der Waals surface area (Å²) in [7, 11) is 0. The van der Waals surface area contributed by atoms with Gasteiger partial charge in [0.15, 0.2) is 11.5 Å². The molecule has 1 aromatic carbocycles. The first kappa shape index (κ1) is 11.1. The molecule has 0 fully saturated rings. The van der Waals surface area contributed by atoms with Gasteiger partial charge in [0.2, 0.25) is 0 Å². The standard InChI is InChI=1S/C12H17NO3/c1-2-13(6-7-14)10-4-3-5-11-12(10)16-9-8-15-11/h3-5,14H,2,6-9H2,1H3. The van der Waals surface area contributed by atoms with E-state index in [0.717, 1.165) is 23.7 Å². The first-order valence-corrected chi connectivity index (χ1v) is 5.61. The molecule has 0 amide bonds. The van der Waals surface area contributed by atoms with E-state index >= 15 is 0 Å². The second-order valence-electron chi connectivity index (χ2n) is 3.60. The van der Waals surface area contributed by atoms with Crippen molar-refractivity contribution in [3.8, 4) is 11.5 Å². The minimum atomic E-state index is 0.137. The number of para-hydroxylation sites is 1. The number of rotatable bonds is 4. The second kappa shape index (κ2) is 5.07. The number of fused-ring (bicyclic) bond motifs is 1. The van der Waals surface area contributed by atoms with Gasteiger partial charge in [0.1, 0.15) is 13.2 Å². The van der Waals surface area contributed by atoms with Gasteiger partial charge in [0.25, 0.3) is 0 Å². The first-order valence-electron chi connectivity index (χ1n) is 5.61. The molecule has 16 heavy (non-hydrogen) atoms. The molecule has 1 aromatic rings. The topological polar surface area (TPSA) is 41.9 Å². The Bertz CT molecular complexity index is 354. The molecule has 0 aromatic heterocycles. The van der Waals surface area contributed by atoms with Crippen LogP contribution in [0.5, 0.6) is 11.5 Å². The molecule has 0 bridgehead atoms. The minimum Gasteiger partial charge on any atom is -0.486 e. The number of hydrogen-bond acceptors (Lipinski definition) is 4. The van der Waals surface area contributed by atoms with E-state index in [1.807, 2.05) is 18.2 Å². The number of aliphatic hydroxyl groups is 1. The van der Waals surface area contributed by atoms with Gasteiger partial charge in [0, 0.05) is 13.1 Å². The highest BCUT2D eigenvalue weighted by atomic mass is 16.6. The lowest BCUT2D eigenvalue weighted by Crippen LogP contribution is -2.28. The molecule has 1 heterocycles. The number of benzene rings is 1. The van der Waals surface area contributed by atoms with Gasteiger partial charge >= 0.3 is 0 Å². The van der Waals surface area contributed by atoms with Crippen LogP contribution >= 0.6 is 0 Å². The van der Waals surface area contributed by atoms with Crippen LogP contribution < -0.4 is 14.4 Å². The van der Waals surface area contributed by atoms with Crippen LogP contribution in [0.25, 0.3) is 0 Å². The molecule has 0 spiro atoms. The van der Waals surface area contributed by atoms with Gasteiger partial charge in [-0.1, -0.05) is 6.07 Å². The number of nitrogens with zero attached hydrogens (tertiary/aromatic N) is 1. The normalized spacial score (nSPS) is 13.6. The van der Waals surface area contributed by atoms with Gasteiger partial charge in [-0.25, -0.2) is 0 Å². The summed E-state index contributed by atoms with van der Waals surface area (Å²) < 4.78 is 11.2. The fraction of sp³-hybridized carbons (Fsp3) is 0.500. The van der Waals surface area contributed by atoms with Crippen LogP contribution in [0.3, 0.4) is 0 Å². The summed E-state index contributed by atoms with van der Waals surface area (Å²) in [5.74, 6) is 1.59. The Morgan fingerprint density at radius 1 is 1.31 bits per heavy atom. The second-order valence-corrected chi connectivity index (χ2v) is 3.60. The average Bonchev–Trinajstić information content (AvgIpc) is 2.35. The van der Waals surface area contributed by atoms with Gasteiger partial charge < -0.3 is 19.5 Å². The summed E-state index contributed by atoms with van der Waals surface area (Å²) in [4.78, 5) is 2.08. The molecule has 0 saturated heterocycles. The van der Waals surface area contributed by atoms with Crippen molar-refractivity contribution in [2.45, 2.75) is 6.92 Å². The van der Waals surface area contributed by atoms with Crippen molar-refractivity contribution in [2.24, 2.45) is 0 Å². The SMILES string of the molecule is CCN(CCO)c1cccc2c1OCCO2. The molecule has 1 aliphatic heterocycles. The van der Waals surface area contributed by atoms with E-state index in [-0.39, 0.29) is 6.61 Å². The van der Waals surface area contributed by atoms with Crippen molar-refractivity contribution in [3.63, 3.8) is 0 Å². The van der Waals surface area contributed by atoms with Gasteiger partial charge in [-0.2, -0.15) is 0 Å². The van der Waals surface area contributed by atoms with Crippen LogP contribution in [0.2, 0.25) is 0 Å². The average molecular weight is 223 g/mol. The van der Waals surface area contributed by atoms with Crippen LogP contribution in [-0.4, -0.2) is 38.0 Å². The Morgan fingerprint density at radius 3 is 2.88 bits per heavy atom. The number of aliphatic hydroxyl groups excluding tert-OH is 1. The van der Waals surface area contributed by atoms with E-state index in [1.54, 1.807) is 0 Å². The molecule has 0 saturated carbocycles. The molecule has 0 unspecified atom stereocenters. The fourth-order valence-corrected chi connectivity index (χ4v) is 1.88. The third kappa shape index (κ3) is 2.07. The largest absolute Gasteiger partial charge is 0.486 e. The van der Waals surface area contributed by atoms with Crippen LogP contribution in [0.1, 0.15) is 6.92 Å². The number of hydrogen-bond donors (Lipinski definition) is 1. The minimum absolute atomic E-state index is 0.137. The fourth-order valence-electron chi connectivity index (χ4n) is 1.88. The van der Waals surface area contributed by atoms with Crippen molar-refractivity contribution in [3.05, 3.63) is 18.2 Å².